The maximum absolute atomic E-state index is 12.4. The fourth-order valence-corrected chi connectivity index (χ4v) is 3.60. The molecule has 0 saturated carbocycles. The highest BCUT2D eigenvalue weighted by Crippen LogP contribution is 2.32. The standard InChI is InChI=1S/C20H16N8O/c1-12-22-17-10-21-25-20(29)18(17)28(12)11-13-6-2-3-7-14(13)15-8-4-5-9-16(15)19-23-26-27-24-19/h2-10H,11H2,1H3,(H,25,29)(H,23,24,26,27). The maximum atomic E-state index is 12.4. The Balaban J connectivity index is 1.67. The molecule has 2 N–H and O–H groups in total. The average Bonchev–Trinajstić information content (AvgIpc) is 3.38. The normalized spacial score (nSPS) is 11.2. The first-order chi connectivity index (χ1) is 14.2. The van der Waals surface area contributed by atoms with Crippen LogP contribution >= 0.6 is 0 Å². The minimum atomic E-state index is -0.257. The summed E-state index contributed by atoms with van der Waals surface area (Å²) in [7, 11) is 0. The number of nitrogens with zero attached hydrogens (tertiary/aromatic N) is 6. The zero-order valence-electron chi connectivity index (χ0n) is 15.5. The number of H-pyrrole nitrogens is 2. The smallest absolute Gasteiger partial charge is 0.290 e. The van der Waals surface area contributed by atoms with Gasteiger partial charge in [0, 0.05) is 5.56 Å². The number of hydrogen-bond donors (Lipinski definition) is 2. The van der Waals surface area contributed by atoms with Crippen molar-refractivity contribution in [2.45, 2.75) is 13.5 Å². The lowest BCUT2D eigenvalue weighted by atomic mass is 9.95. The van der Waals surface area contributed by atoms with E-state index in [4.69, 9.17) is 0 Å². The third kappa shape index (κ3) is 2.89. The SMILES string of the molecule is Cc1nc2cn[nH]c(=O)c2n1Cc1ccccc1-c1ccccc1-c1nn[nH]n1. The van der Waals surface area contributed by atoms with Crippen LogP contribution in [0.2, 0.25) is 0 Å². The monoisotopic (exact) mass is 384 g/mol. The molecule has 5 rings (SSSR count). The van der Waals surface area contributed by atoms with Gasteiger partial charge in [0.25, 0.3) is 5.56 Å². The Hall–Kier alpha value is -4.14. The van der Waals surface area contributed by atoms with Gasteiger partial charge in [-0.2, -0.15) is 10.3 Å². The Morgan fingerprint density at radius 2 is 1.76 bits per heavy atom. The summed E-state index contributed by atoms with van der Waals surface area (Å²) >= 11 is 0. The second kappa shape index (κ2) is 6.79. The van der Waals surface area contributed by atoms with Crippen molar-refractivity contribution in [2.75, 3.05) is 0 Å². The van der Waals surface area contributed by atoms with Crippen LogP contribution in [0.15, 0.2) is 59.5 Å². The number of tetrazole rings is 1. The van der Waals surface area contributed by atoms with Crippen LogP contribution in [0, 0.1) is 6.92 Å². The summed E-state index contributed by atoms with van der Waals surface area (Å²) in [5.74, 6) is 1.28. The van der Waals surface area contributed by atoms with Crippen molar-refractivity contribution < 1.29 is 0 Å². The molecule has 29 heavy (non-hydrogen) atoms. The van der Waals surface area contributed by atoms with E-state index >= 15 is 0 Å². The lowest BCUT2D eigenvalue weighted by Gasteiger charge is -2.14. The average molecular weight is 384 g/mol. The van der Waals surface area contributed by atoms with Gasteiger partial charge in [0.2, 0.25) is 5.82 Å². The van der Waals surface area contributed by atoms with Gasteiger partial charge in [-0.15, -0.1) is 10.2 Å². The van der Waals surface area contributed by atoms with Crippen molar-refractivity contribution in [3.05, 3.63) is 76.5 Å². The minimum absolute atomic E-state index is 0.257. The third-order valence-electron chi connectivity index (χ3n) is 4.90. The number of imidazole rings is 1. The van der Waals surface area contributed by atoms with Gasteiger partial charge in [0.1, 0.15) is 16.9 Å². The van der Waals surface area contributed by atoms with Gasteiger partial charge in [-0.25, -0.2) is 10.1 Å². The first kappa shape index (κ1) is 17.0. The van der Waals surface area contributed by atoms with Crippen LogP contribution < -0.4 is 5.56 Å². The van der Waals surface area contributed by atoms with Gasteiger partial charge in [0.05, 0.1) is 12.7 Å². The number of rotatable bonds is 4. The molecule has 3 heterocycles. The van der Waals surface area contributed by atoms with E-state index in [-0.39, 0.29) is 5.56 Å². The fraction of sp³-hybridized carbons (Fsp3) is 0.100. The largest absolute Gasteiger partial charge is 0.319 e. The van der Waals surface area contributed by atoms with Crippen molar-refractivity contribution >= 4 is 11.0 Å². The molecule has 0 bridgehead atoms. The van der Waals surface area contributed by atoms with Crippen LogP contribution in [0.5, 0.6) is 0 Å². The van der Waals surface area contributed by atoms with E-state index in [9.17, 15) is 4.79 Å². The molecule has 0 aliphatic heterocycles. The van der Waals surface area contributed by atoms with E-state index in [2.05, 4.69) is 41.9 Å². The quantitative estimate of drug-likeness (QED) is 0.491. The molecule has 0 atom stereocenters. The summed E-state index contributed by atoms with van der Waals surface area (Å²) < 4.78 is 1.91. The number of benzene rings is 2. The highest BCUT2D eigenvalue weighted by Gasteiger charge is 2.16. The van der Waals surface area contributed by atoms with Crippen molar-refractivity contribution in [1.29, 1.82) is 0 Å². The summed E-state index contributed by atoms with van der Waals surface area (Å²) in [4.78, 5) is 16.8. The van der Waals surface area contributed by atoms with E-state index in [1.54, 1.807) is 6.20 Å². The Morgan fingerprint density at radius 3 is 2.55 bits per heavy atom. The predicted molar refractivity (Wildman–Crippen MR) is 107 cm³/mol. The predicted octanol–water partition coefficient (Wildman–Crippen LogP) is 2.32. The van der Waals surface area contributed by atoms with E-state index in [1.165, 1.54) is 0 Å². The number of aromatic nitrogens is 8. The first-order valence-corrected chi connectivity index (χ1v) is 9.04. The molecule has 0 radical (unpaired) electrons. The van der Waals surface area contributed by atoms with Crippen LogP contribution in [0.1, 0.15) is 11.4 Å². The number of nitrogens with one attached hydrogen (secondary N) is 2. The lowest BCUT2D eigenvalue weighted by molar-refractivity contribution is 0.781. The first-order valence-electron chi connectivity index (χ1n) is 9.04. The Kier molecular flexibility index (Phi) is 3.98. The summed E-state index contributed by atoms with van der Waals surface area (Å²) in [6.07, 6.45) is 1.57. The Bertz CT molecular complexity index is 1370. The number of fused-ring (bicyclic) bond motifs is 1. The summed E-state index contributed by atoms with van der Waals surface area (Å²) in [6.45, 7) is 2.38. The molecule has 0 fully saturated rings. The van der Waals surface area contributed by atoms with Crippen LogP contribution in [0.3, 0.4) is 0 Å². The number of aryl methyl sites for hydroxylation is 1. The van der Waals surface area contributed by atoms with Gasteiger partial charge >= 0.3 is 0 Å². The molecule has 142 valence electrons. The fourth-order valence-electron chi connectivity index (χ4n) is 3.60. The van der Waals surface area contributed by atoms with Crippen molar-refractivity contribution in [3.63, 3.8) is 0 Å². The second-order valence-corrected chi connectivity index (χ2v) is 6.62. The molecule has 9 heteroatoms. The van der Waals surface area contributed by atoms with Gasteiger partial charge < -0.3 is 4.57 Å². The van der Waals surface area contributed by atoms with Gasteiger partial charge in [0.15, 0.2) is 0 Å². The zero-order valence-corrected chi connectivity index (χ0v) is 15.5. The molecule has 0 aliphatic carbocycles. The highest BCUT2D eigenvalue weighted by atomic mass is 16.1. The molecule has 2 aromatic carbocycles. The van der Waals surface area contributed by atoms with Crippen molar-refractivity contribution in [1.82, 2.24) is 40.4 Å². The van der Waals surface area contributed by atoms with E-state index in [1.807, 2.05) is 54.0 Å². The molecule has 3 aromatic heterocycles. The van der Waals surface area contributed by atoms with Crippen LogP contribution in [-0.2, 0) is 6.54 Å². The summed E-state index contributed by atoms with van der Waals surface area (Å²) in [6, 6.07) is 16.0. The Labute approximate surface area is 164 Å². The highest BCUT2D eigenvalue weighted by molar-refractivity contribution is 5.82. The molecule has 9 nitrogen and oxygen atoms in total. The van der Waals surface area contributed by atoms with Crippen LogP contribution in [-0.4, -0.2) is 40.4 Å². The van der Waals surface area contributed by atoms with Crippen LogP contribution in [0.4, 0.5) is 0 Å². The number of aromatic amines is 2. The second-order valence-electron chi connectivity index (χ2n) is 6.62. The van der Waals surface area contributed by atoms with Gasteiger partial charge in [-0.1, -0.05) is 48.5 Å². The molecular formula is C20H16N8O. The molecule has 0 spiro atoms. The molecule has 0 saturated heterocycles. The summed E-state index contributed by atoms with van der Waals surface area (Å²) in [5, 5.41) is 20.8. The topological polar surface area (TPSA) is 118 Å². The molecular weight excluding hydrogens is 368 g/mol. The van der Waals surface area contributed by atoms with E-state index in [0.29, 0.717) is 23.4 Å². The van der Waals surface area contributed by atoms with Crippen molar-refractivity contribution in [3.8, 4) is 22.5 Å². The zero-order chi connectivity index (χ0) is 19.8. The third-order valence-corrected chi connectivity index (χ3v) is 4.90. The lowest BCUT2D eigenvalue weighted by Crippen LogP contribution is -2.13. The Morgan fingerprint density at radius 1 is 1.00 bits per heavy atom. The van der Waals surface area contributed by atoms with Gasteiger partial charge in [-0.3, -0.25) is 4.79 Å². The van der Waals surface area contributed by atoms with Gasteiger partial charge in [-0.05, 0) is 28.8 Å². The number of hydrogen-bond acceptors (Lipinski definition) is 6. The summed E-state index contributed by atoms with van der Waals surface area (Å²) in [5.41, 5.74) is 4.77. The molecule has 5 aromatic rings. The van der Waals surface area contributed by atoms with Crippen molar-refractivity contribution in [2.24, 2.45) is 0 Å². The molecule has 0 amide bonds. The van der Waals surface area contributed by atoms with Crippen LogP contribution in [0.25, 0.3) is 33.5 Å². The maximum Gasteiger partial charge on any atom is 0.290 e. The molecule has 0 aliphatic rings. The van der Waals surface area contributed by atoms with E-state index < -0.39 is 0 Å². The van der Waals surface area contributed by atoms with E-state index in [0.717, 1.165) is 28.1 Å². The molecule has 0 unspecified atom stereocenters. The minimum Gasteiger partial charge on any atom is -0.319 e.